The summed E-state index contributed by atoms with van der Waals surface area (Å²) in [4.78, 5) is 4.12. The topological polar surface area (TPSA) is 71.9 Å². The van der Waals surface area contributed by atoms with Gasteiger partial charge in [-0.25, -0.2) is 4.98 Å². The molecule has 2 rings (SSSR count). The summed E-state index contributed by atoms with van der Waals surface area (Å²) in [5, 5.41) is 9.05. The lowest BCUT2D eigenvalue weighted by Crippen LogP contribution is -2.29. The third kappa shape index (κ3) is 2.92. The van der Waals surface area contributed by atoms with E-state index < -0.39 is 0 Å². The van der Waals surface area contributed by atoms with Crippen molar-refractivity contribution >= 4 is 5.69 Å². The molecule has 1 fully saturated rings. The summed E-state index contributed by atoms with van der Waals surface area (Å²) in [6.45, 7) is 4.49. The van der Waals surface area contributed by atoms with E-state index in [-0.39, 0.29) is 6.10 Å². The summed E-state index contributed by atoms with van der Waals surface area (Å²) in [6.07, 6.45) is 5.00. The SMILES string of the molecule is CC1CC(C)CC(Oc2ncc(N)cc2C#N)C1. The van der Waals surface area contributed by atoms with E-state index in [1.54, 1.807) is 6.07 Å². The first-order valence-corrected chi connectivity index (χ1v) is 6.40. The monoisotopic (exact) mass is 245 g/mol. The van der Waals surface area contributed by atoms with Gasteiger partial charge in [0.15, 0.2) is 0 Å². The van der Waals surface area contributed by atoms with Crippen LogP contribution >= 0.6 is 0 Å². The fourth-order valence-electron chi connectivity index (χ4n) is 2.77. The van der Waals surface area contributed by atoms with Crippen molar-refractivity contribution in [3.05, 3.63) is 17.8 Å². The Kier molecular flexibility index (Phi) is 3.71. The molecule has 0 amide bonds. The molecule has 0 bridgehead atoms. The maximum atomic E-state index is 9.05. The van der Waals surface area contributed by atoms with Gasteiger partial charge in [0.1, 0.15) is 17.7 Å². The predicted molar refractivity (Wildman–Crippen MR) is 70.0 cm³/mol. The summed E-state index contributed by atoms with van der Waals surface area (Å²) in [5.41, 5.74) is 6.52. The predicted octanol–water partition coefficient (Wildman–Crippen LogP) is 2.74. The second kappa shape index (κ2) is 5.26. The van der Waals surface area contributed by atoms with Crippen molar-refractivity contribution in [2.45, 2.75) is 39.2 Å². The molecular formula is C14H19N3O. The van der Waals surface area contributed by atoms with Gasteiger partial charge in [-0.15, -0.1) is 0 Å². The molecule has 4 heteroatoms. The molecule has 1 heterocycles. The van der Waals surface area contributed by atoms with E-state index >= 15 is 0 Å². The molecule has 0 saturated heterocycles. The van der Waals surface area contributed by atoms with Gasteiger partial charge in [-0.05, 0) is 37.2 Å². The number of aromatic nitrogens is 1. The van der Waals surface area contributed by atoms with Crippen LogP contribution in [0.25, 0.3) is 0 Å². The maximum absolute atomic E-state index is 9.05. The number of nitriles is 1. The summed E-state index contributed by atoms with van der Waals surface area (Å²) >= 11 is 0. The zero-order chi connectivity index (χ0) is 13.1. The van der Waals surface area contributed by atoms with Crippen LogP contribution in [0, 0.1) is 23.2 Å². The van der Waals surface area contributed by atoms with Gasteiger partial charge >= 0.3 is 0 Å². The first kappa shape index (κ1) is 12.7. The van der Waals surface area contributed by atoms with Crippen molar-refractivity contribution in [2.75, 3.05) is 5.73 Å². The third-order valence-electron chi connectivity index (χ3n) is 3.41. The molecule has 4 nitrogen and oxygen atoms in total. The number of hydrogen-bond donors (Lipinski definition) is 1. The highest BCUT2D eigenvalue weighted by atomic mass is 16.5. The van der Waals surface area contributed by atoms with Gasteiger partial charge in [0.25, 0.3) is 0 Å². The zero-order valence-electron chi connectivity index (χ0n) is 10.9. The molecule has 96 valence electrons. The molecule has 2 unspecified atom stereocenters. The summed E-state index contributed by atoms with van der Waals surface area (Å²) in [6, 6.07) is 3.69. The van der Waals surface area contributed by atoms with Crippen LogP contribution in [0.4, 0.5) is 5.69 Å². The van der Waals surface area contributed by atoms with Crippen LogP contribution in [0.2, 0.25) is 0 Å². The van der Waals surface area contributed by atoms with Gasteiger partial charge in [0.05, 0.1) is 11.9 Å². The normalized spacial score (nSPS) is 27.5. The van der Waals surface area contributed by atoms with E-state index in [0.717, 1.165) is 12.8 Å². The summed E-state index contributed by atoms with van der Waals surface area (Å²) in [5.74, 6) is 1.74. The van der Waals surface area contributed by atoms with E-state index in [0.29, 0.717) is 29.0 Å². The van der Waals surface area contributed by atoms with Gasteiger partial charge in [0, 0.05) is 0 Å². The Labute approximate surface area is 108 Å². The van der Waals surface area contributed by atoms with E-state index in [2.05, 4.69) is 24.9 Å². The third-order valence-corrected chi connectivity index (χ3v) is 3.41. The van der Waals surface area contributed by atoms with Gasteiger partial charge in [-0.1, -0.05) is 13.8 Å². The molecule has 0 radical (unpaired) electrons. The highest BCUT2D eigenvalue weighted by Gasteiger charge is 2.26. The first-order chi connectivity index (χ1) is 8.58. The standard InChI is InChI=1S/C14H19N3O/c1-9-3-10(2)5-13(4-9)18-14-11(7-15)6-12(16)8-17-14/h6,8-10,13H,3-5,16H2,1-2H3. The number of anilines is 1. The zero-order valence-corrected chi connectivity index (χ0v) is 10.9. The average Bonchev–Trinajstić information content (AvgIpc) is 2.30. The lowest BCUT2D eigenvalue weighted by Gasteiger charge is -2.31. The van der Waals surface area contributed by atoms with Crippen molar-refractivity contribution < 1.29 is 4.74 Å². The number of rotatable bonds is 2. The summed E-state index contributed by atoms with van der Waals surface area (Å²) in [7, 11) is 0. The number of nitrogen functional groups attached to an aromatic ring is 1. The van der Waals surface area contributed by atoms with Crippen molar-refractivity contribution in [1.82, 2.24) is 4.98 Å². The fourth-order valence-corrected chi connectivity index (χ4v) is 2.77. The molecular weight excluding hydrogens is 226 g/mol. The van der Waals surface area contributed by atoms with Gasteiger partial charge in [-0.3, -0.25) is 0 Å². The molecule has 1 saturated carbocycles. The lowest BCUT2D eigenvalue weighted by molar-refractivity contribution is 0.0964. The smallest absolute Gasteiger partial charge is 0.232 e. The molecule has 1 aliphatic carbocycles. The Hall–Kier alpha value is -1.76. The molecule has 0 aromatic carbocycles. The minimum atomic E-state index is 0.159. The molecule has 1 aliphatic rings. The molecule has 0 spiro atoms. The van der Waals surface area contributed by atoms with Crippen LogP contribution < -0.4 is 10.5 Å². The van der Waals surface area contributed by atoms with Gasteiger partial charge in [0.2, 0.25) is 5.88 Å². The highest BCUT2D eigenvalue weighted by molar-refractivity contribution is 5.48. The Morgan fingerprint density at radius 3 is 2.61 bits per heavy atom. The Morgan fingerprint density at radius 2 is 2.00 bits per heavy atom. The van der Waals surface area contributed by atoms with Crippen LogP contribution in [0.1, 0.15) is 38.7 Å². The lowest BCUT2D eigenvalue weighted by atomic mass is 9.82. The van der Waals surface area contributed by atoms with Crippen molar-refractivity contribution in [2.24, 2.45) is 11.8 Å². The van der Waals surface area contributed by atoms with E-state index in [1.807, 2.05) is 0 Å². The Morgan fingerprint density at radius 1 is 1.33 bits per heavy atom. The quantitative estimate of drug-likeness (QED) is 0.869. The number of pyridine rings is 1. The largest absolute Gasteiger partial charge is 0.473 e. The molecule has 0 aliphatic heterocycles. The van der Waals surface area contributed by atoms with Crippen LogP contribution in [0.15, 0.2) is 12.3 Å². The maximum Gasteiger partial charge on any atom is 0.232 e. The Balaban J connectivity index is 2.12. The molecule has 1 aromatic heterocycles. The second-order valence-electron chi connectivity index (χ2n) is 5.39. The number of ether oxygens (including phenoxy) is 1. The molecule has 2 N–H and O–H groups in total. The van der Waals surface area contributed by atoms with E-state index in [1.165, 1.54) is 12.6 Å². The number of hydrogen-bond acceptors (Lipinski definition) is 4. The first-order valence-electron chi connectivity index (χ1n) is 6.40. The minimum absolute atomic E-state index is 0.159. The minimum Gasteiger partial charge on any atom is -0.473 e. The van der Waals surface area contributed by atoms with E-state index in [4.69, 9.17) is 15.7 Å². The van der Waals surface area contributed by atoms with Gasteiger partial charge in [-0.2, -0.15) is 5.26 Å². The highest BCUT2D eigenvalue weighted by Crippen LogP contribution is 2.31. The van der Waals surface area contributed by atoms with E-state index in [9.17, 15) is 0 Å². The average molecular weight is 245 g/mol. The van der Waals surface area contributed by atoms with Crippen molar-refractivity contribution in [3.63, 3.8) is 0 Å². The summed E-state index contributed by atoms with van der Waals surface area (Å²) < 4.78 is 5.88. The Bertz CT molecular complexity index is 457. The van der Waals surface area contributed by atoms with Crippen molar-refractivity contribution in [1.29, 1.82) is 5.26 Å². The van der Waals surface area contributed by atoms with Crippen LogP contribution in [0.5, 0.6) is 5.88 Å². The molecule has 18 heavy (non-hydrogen) atoms. The van der Waals surface area contributed by atoms with Crippen molar-refractivity contribution in [3.8, 4) is 11.9 Å². The van der Waals surface area contributed by atoms with Crippen LogP contribution in [-0.2, 0) is 0 Å². The number of nitrogens with zero attached hydrogens (tertiary/aromatic N) is 2. The fraction of sp³-hybridized carbons (Fsp3) is 0.571. The molecule has 1 aromatic rings. The second-order valence-corrected chi connectivity index (χ2v) is 5.39. The van der Waals surface area contributed by atoms with Crippen LogP contribution in [-0.4, -0.2) is 11.1 Å². The van der Waals surface area contributed by atoms with Gasteiger partial charge < -0.3 is 10.5 Å². The molecule has 2 atom stereocenters. The number of nitrogens with two attached hydrogens (primary N) is 1. The van der Waals surface area contributed by atoms with Crippen LogP contribution in [0.3, 0.4) is 0 Å².